The fraction of sp³-hybridized carbons (Fsp3) is 0.478. The molecule has 1 N–H and O–H groups in total. The zero-order chi connectivity index (χ0) is 22.2. The van der Waals surface area contributed by atoms with Gasteiger partial charge in [0.1, 0.15) is 24.1 Å². The lowest BCUT2D eigenvalue weighted by molar-refractivity contribution is -0.313. The molecule has 9 heteroatoms. The van der Waals surface area contributed by atoms with Crippen molar-refractivity contribution in [1.29, 1.82) is 0 Å². The number of fused-ring (bicyclic) bond motifs is 4. The summed E-state index contributed by atoms with van der Waals surface area (Å²) in [4.78, 5) is 26.9. The molecule has 3 aliphatic rings. The molecule has 32 heavy (non-hydrogen) atoms. The average Bonchev–Trinajstić information content (AvgIpc) is 2.95. The van der Waals surface area contributed by atoms with E-state index in [1.165, 1.54) is 4.57 Å². The van der Waals surface area contributed by atoms with Crippen molar-refractivity contribution in [2.24, 2.45) is 0 Å². The molecule has 2 aromatic rings. The Morgan fingerprint density at radius 2 is 1.94 bits per heavy atom. The number of aromatic amines is 1. The van der Waals surface area contributed by atoms with Gasteiger partial charge < -0.3 is 23.7 Å². The molecule has 0 amide bonds. The molecular formula is C23H26N2O7. The number of ether oxygens (including phenoxy) is 5. The van der Waals surface area contributed by atoms with Crippen LogP contribution in [0.5, 0.6) is 5.75 Å². The number of H-pyrrole nitrogens is 1. The van der Waals surface area contributed by atoms with Gasteiger partial charge in [0.15, 0.2) is 6.29 Å². The summed E-state index contributed by atoms with van der Waals surface area (Å²) in [5.74, 6) is 0.787. The zero-order valence-corrected chi connectivity index (χ0v) is 17.9. The molecule has 0 spiro atoms. The summed E-state index contributed by atoms with van der Waals surface area (Å²) < 4.78 is 31.4. The third kappa shape index (κ3) is 3.93. The van der Waals surface area contributed by atoms with Crippen molar-refractivity contribution in [2.45, 2.75) is 50.1 Å². The number of hydrogen-bond donors (Lipinski definition) is 1. The standard InChI is InChI=1S/C23H26N2O7/c1-13-11-25(23(27)24-22(13)26)19-16-4-3-9-29-21(19)20-17(31-16)12-30-18(32-20)10-14-5-7-15(28-2)8-6-14/h3-8,11,16-21H,9-10,12H2,1-2H3,(H,24,26,27)/t16-,17?,18?,19?,20-,21-/m1/s1. The molecule has 1 aromatic carbocycles. The zero-order valence-electron chi connectivity index (χ0n) is 17.9. The second-order valence-corrected chi connectivity index (χ2v) is 8.25. The first-order valence-electron chi connectivity index (χ1n) is 10.7. The number of rotatable bonds is 4. The largest absolute Gasteiger partial charge is 0.497 e. The van der Waals surface area contributed by atoms with Gasteiger partial charge in [-0.2, -0.15) is 0 Å². The summed E-state index contributed by atoms with van der Waals surface area (Å²) in [6.07, 6.45) is 3.83. The summed E-state index contributed by atoms with van der Waals surface area (Å²) in [7, 11) is 1.63. The second-order valence-electron chi connectivity index (χ2n) is 8.25. The third-order valence-electron chi connectivity index (χ3n) is 6.19. The minimum absolute atomic E-state index is 0.323. The van der Waals surface area contributed by atoms with Crippen LogP contribution in [-0.4, -0.2) is 60.6 Å². The fourth-order valence-electron chi connectivity index (χ4n) is 4.56. The van der Waals surface area contributed by atoms with Crippen LogP contribution < -0.4 is 16.0 Å². The van der Waals surface area contributed by atoms with E-state index in [-0.39, 0.29) is 6.10 Å². The van der Waals surface area contributed by atoms with Crippen LogP contribution in [-0.2, 0) is 25.4 Å². The predicted molar refractivity (Wildman–Crippen MR) is 114 cm³/mol. The summed E-state index contributed by atoms with van der Waals surface area (Å²) in [6, 6.07) is 7.27. The summed E-state index contributed by atoms with van der Waals surface area (Å²) in [6.45, 7) is 2.41. The van der Waals surface area contributed by atoms with Crippen LogP contribution in [0.1, 0.15) is 17.2 Å². The van der Waals surface area contributed by atoms with Gasteiger partial charge in [0.05, 0.1) is 32.5 Å². The van der Waals surface area contributed by atoms with Crippen molar-refractivity contribution in [3.05, 3.63) is 74.6 Å². The van der Waals surface area contributed by atoms with Crippen LogP contribution >= 0.6 is 0 Å². The van der Waals surface area contributed by atoms with Crippen molar-refractivity contribution < 1.29 is 23.7 Å². The van der Waals surface area contributed by atoms with Gasteiger partial charge in [-0.3, -0.25) is 14.3 Å². The molecule has 5 rings (SSSR count). The lowest BCUT2D eigenvalue weighted by Gasteiger charge is -2.48. The molecule has 4 heterocycles. The SMILES string of the molecule is COc1ccc(CC2OCC3O[C@@H]4C=CCO[C@H](C4n4cc(C)c(=O)[nH]c4=O)[C@@H]3O2)cc1. The highest BCUT2D eigenvalue weighted by Gasteiger charge is 2.51. The molecular weight excluding hydrogens is 416 g/mol. The van der Waals surface area contributed by atoms with Gasteiger partial charge in [-0.15, -0.1) is 0 Å². The minimum Gasteiger partial charge on any atom is -0.497 e. The molecule has 2 bridgehead atoms. The Bertz CT molecular complexity index is 1110. The monoisotopic (exact) mass is 442 g/mol. The molecule has 0 saturated carbocycles. The van der Waals surface area contributed by atoms with Gasteiger partial charge in [0.25, 0.3) is 5.56 Å². The van der Waals surface area contributed by atoms with E-state index >= 15 is 0 Å². The molecule has 2 fully saturated rings. The van der Waals surface area contributed by atoms with Crippen molar-refractivity contribution in [1.82, 2.24) is 9.55 Å². The van der Waals surface area contributed by atoms with Crippen LogP contribution in [0.25, 0.3) is 0 Å². The van der Waals surface area contributed by atoms with E-state index in [9.17, 15) is 9.59 Å². The number of aryl methyl sites for hydroxylation is 1. The van der Waals surface area contributed by atoms with E-state index in [1.807, 2.05) is 36.4 Å². The van der Waals surface area contributed by atoms with E-state index in [2.05, 4.69) is 4.98 Å². The predicted octanol–water partition coefficient (Wildman–Crippen LogP) is 1.10. The Labute approximate surface area is 184 Å². The molecule has 3 aliphatic heterocycles. The number of hydrogen-bond acceptors (Lipinski definition) is 7. The van der Waals surface area contributed by atoms with E-state index in [4.69, 9.17) is 23.7 Å². The summed E-state index contributed by atoms with van der Waals surface area (Å²) in [5.41, 5.74) is 0.597. The van der Waals surface area contributed by atoms with Crippen LogP contribution in [0.4, 0.5) is 0 Å². The smallest absolute Gasteiger partial charge is 0.328 e. The summed E-state index contributed by atoms with van der Waals surface area (Å²) >= 11 is 0. The van der Waals surface area contributed by atoms with Crippen LogP contribution in [0.2, 0.25) is 0 Å². The maximum Gasteiger partial charge on any atom is 0.328 e. The second kappa shape index (κ2) is 8.67. The number of nitrogens with zero attached hydrogens (tertiary/aromatic N) is 1. The van der Waals surface area contributed by atoms with E-state index in [1.54, 1.807) is 20.2 Å². The van der Waals surface area contributed by atoms with Gasteiger partial charge in [0.2, 0.25) is 0 Å². The molecule has 0 aliphatic carbocycles. The highest BCUT2D eigenvalue weighted by atomic mass is 16.7. The fourth-order valence-corrected chi connectivity index (χ4v) is 4.56. The van der Waals surface area contributed by atoms with Crippen LogP contribution in [0, 0.1) is 6.92 Å². The van der Waals surface area contributed by atoms with Gasteiger partial charge in [-0.1, -0.05) is 24.3 Å². The van der Waals surface area contributed by atoms with Crippen molar-refractivity contribution in [2.75, 3.05) is 20.3 Å². The first kappa shape index (κ1) is 21.1. The maximum atomic E-state index is 12.6. The van der Waals surface area contributed by atoms with Crippen molar-refractivity contribution in [3.63, 3.8) is 0 Å². The minimum atomic E-state index is -0.497. The van der Waals surface area contributed by atoms with Crippen molar-refractivity contribution >= 4 is 0 Å². The van der Waals surface area contributed by atoms with E-state index in [0.717, 1.165) is 11.3 Å². The molecule has 170 valence electrons. The normalized spacial score (nSPS) is 31.6. The first-order chi connectivity index (χ1) is 15.5. The maximum absolute atomic E-state index is 12.6. The average molecular weight is 442 g/mol. The third-order valence-corrected chi connectivity index (χ3v) is 6.19. The van der Waals surface area contributed by atoms with Gasteiger partial charge in [0, 0.05) is 18.2 Å². The van der Waals surface area contributed by atoms with E-state index in [0.29, 0.717) is 25.2 Å². The highest BCUT2D eigenvalue weighted by molar-refractivity contribution is 5.27. The number of benzene rings is 1. The Morgan fingerprint density at radius 1 is 1.12 bits per heavy atom. The highest BCUT2D eigenvalue weighted by Crippen LogP contribution is 2.38. The van der Waals surface area contributed by atoms with Gasteiger partial charge in [-0.05, 0) is 24.6 Å². The lowest BCUT2D eigenvalue weighted by atomic mass is 9.91. The van der Waals surface area contributed by atoms with E-state index < -0.39 is 41.9 Å². The number of nitrogens with one attached hydrogen (secondary N) is 1. The molecule has 3 unspecified atom stereocenters. The van der Waals surface area contributed by atoms with Gasteiger partial charge >= 0.3 is 5.69 Å². The Morgan fingerprint density at radius 3 is 2.72 bits per heavy atom. The Kier molecular flexibility index (Phi) is 5.73. The molecule has 6 atom stereocenters. The number of aromatic nitrogens is 2. The molecule has 2 saturated heterocycles. The molecule has 0 radical (unpaired) electrons. The first-order valence-corrected chi connectivity index (χ1v) is 10.7. The van der Waals surface area contributed by atoms with Crippen molar-refractivity contribution in [3.8, 4) is 5.75 Å². The lowest BCUT2D eigenvalue weighted by Crippen LogP contribution is -2.62. The Hall–Kier alpha value is -2.72. The topological polar surface area (TPSA) is 101 Å². The molecule has 9 nitrogen and oxygen atoms in total. The quantitative estimate of drug-likeness (QED) is 0.708. The number of methoxy groups -OCH3 is 1. The van der Waals surface area contributed by atoms with Crippen LogP contribution in [0.3, 0.4) is 0 Å². The summed E-state index contributed by atoms with van der Waals surface area (Å²) in [5, 5.41) is 0. The van der Waals surface area contributed by atoms with Gasteiger partial charge in [-0.25, -0.2) is 4.79 Å². The molecule has 1 aromatic heterocycles. The Balaban J connectivity index is 1.41. The van der Waals surface area contributed by atoms with Crippen LogP contribution in [0.15, 0.2) is 52.2 Å².